The van der Waals surface area contributed by atoms with Crippen LogP contribution in [0.15, 0.2) is 58.3 Å². The molecule has 0 spiro atoms. The second-order valence-electron chi connectivity index (χ2n) is 12.9. The summed E-state index contributed by atoms with van der Waals surface area (Å²) >= 11 is 6.52. The molecule has 7 rings (SSSR count). The molecule has 3 amide bonds. The van der Waals surface area contributed by atoms with Crippen molar-refractivity contribution in [3.63, 3.8) is 0 Å². The highest BCUT2D eigenvalue weighted by Crippen LogP contribution is 2.30. The maximum absolute atomic E-state index is 13.2. The predicted octanol–water partition coefficient (Wildman–Crippen LogP) is 2.56. The Balaban J connectivity index is 1.02. The van der Waals surface area contributed by atoms with Gasteiger partial charge in [0.15, 0.2) is 18.2 Å². The van der Waals surface area contributed by atoms with E-state index in [1.165, 1.54) is 20.7 Å². The first-order chi connectivity index (χ1) is 25.0. The van der Waals surface area contributed by atoms with Gasteiger partial charge in [0.1, 0.15) is 11.1 Å². The molecule has 270 valence electrons. The minimum absolute atomic E-state index is 0.0611. The number of aromatic nitrogens is 5. The minimum Gasteiger partial charge on any atom is -0.478 e. The third-order valence-electron chi connectivity index (χ3n) is 9.58. The molecule has 0 radical (unpaired) electrons. The molecule has 2 fully saturated rings. The van der Waals surface area contributed by atoms with Crippen LogP contribution in [0.3, 0.4) is 0 Å². The quantitative estimate of drug-likeness (QED) is 0.164. The largest absolute Gasteiger partial charge is 0.478 e. The van der Waals surface area contributed by atoms with Crippen molar-refractivity contribution in [1.29, 1.82) is 0 Å². The zero-order chi connectivity index (χ0) is 36.7. The fraction of sp³-hybridized carbons (Fsp3) is 0.343. The summed E-state index contributed by atoms with van der Waals surface area (Å²) in [5.41, 5.74) is 2.89. The third kappa shape index (κ3) is 6.64. The molecule has 5 heterocycles. The fourth-order valence-electron chi connectivity index (χ4n) is 6.73. The number of piperidine rings is 2. The van der Waals surface area contributed by atoms with Gasteiger partial charge in [0.25, 0.3) is 11.5 Å². The van der Waals surface area contributed by atoms with E-state index in [4.69, 9.17) is 21.3 Å². The molecule has 2 saturated heterocycles. The molecule has 2 aliphatic rings. The molecule has 0 bridgehead atoms. The molecule has 16 nitrogen and oxygen atoms in total. The lowest BCUT2D eigenvalue weighted by molar-refractivity contribution is -0.135. The van der Waals surface area contributed by atoms with Crippen molar-refractivity contribution in [2.24, 2.45) is 14.1 Å². The number of nitrogens with one attached hydrogen (secondary N) is 4. The number of pyridine rings is 1. The Hall–Kier alpha value is -5.90. The number of benzene rings is 2. The number of likely N-dealkylation sites (N-methyl/N-ethyl adjacent to an activating group) is 1. The lowest BCUT2D eigenvalue weighted by Crippen LogP contribution is -2.44. The third-order valence-corrected chi connectivity index (χ3v) is 9.86. The van der Waals surface area contributed by atoms with E-state index in [2.05, 4.69) is 31.2 Å². The molecular weight excluding hydrogens is 692 g/mol. The number of halogens is 1. The van der Waals surface area contributed by atoms with Gasteiger partial charge >= 0.3 is 5.69 Å². The number of anilines is 4. The number of carbonyl (C=O) groups is 3. The molecule has 5 aromatic rings. The Morgan fingerprint density at radius 2 is 1.71 bits per heavy atom. The van der Waals surface area contributed by atoms with E-state index in [-0.39, 0.29) is 54.3 Å². The van der Waals surface area contributed by atoms with Crippen LogP contribution in [-0.4, -0.2) is 74.2 Å². The second kappa shape index (κ2) is 14.0. The average molecular weight is 729 g/mol. The summed E-state index contributed by atoms with van der Waals surface area (Å²) in [6.07, 6.45) is 3.63. The highest BCUT2D eigenvalue weighted by atomic mass is 35.5. The summed E-state index contributed by atoms with van der Waals surface area (Å²) in [5, 5.41) is 12.7. The average Bonchev–Trinajstić information content (AvgIpc) is 3.38. The normalized spacial score (nSPS) is 16.6. The van der Waals surface area contributed by atoms with Gasteiger partial charge < -0.3 is 30.2 Å². The number of ether oxygens (including phenoxy) is 1. The zero-order valence-corrected chi connectivity index (χ0v) is 29.5. The molecule has 0 saturated carbocycles. The Labute approximate surface area is 301 Å². The molecule has 52 heavy (non-hydrogen) atoms. The van der Waals surface area contributed by atoms with Crippen LogP contribution < -0.4 is 42.2 Å². The van der Waals surface area contributed by atoms with Crippen molar-refractivity contribution in [2.75, 3.05) is 42.3 Å². The first-order valence-corrected chi connectivity index (χ1v) is 17.2. The van der Waals surface area contributed by atoms with Gasteiger partial charge in [0, 0.05) is 63.5 Å². The van der Waals surface area contributed by atoms with E-state index in [0.29, 0.717) is 57.5 Å². The maximum atomic E-state index is 13.2. The predicted molar refractivity (Wildman–Crippen MR) is 197 cm³/mol. The van der Waals surface area contributed by atoms with Gasteiger partial charge in [-0.05, 0) is 61.7 Å². The first-order valence-electron chi connectivity index (χ1n) is 16.8. The van der Waals surface area contributed by atoms with Gasteiger partial charge in [0.2, 0.25) is 17.8 Å². The standard InChI is InChI=1S/C35H37ClN10O6/c1-37-30(48)18-52-28-15-19-14-21(4-6-24(19)43(2)33(28)50)40-31-23(36)17-38-34(42-31)45-12-10-20(11-13-45)39-22-5-7-25-27(16-22)44(3)35(51)46(25)26-8-9-29(47)41-32(26)49/h4-7,14-17,20,26,39H,8-13,18H2,1-3H3,(H,37,48)(H,38,40,42)(H,41,47,49). The lowest BCUT2D eigenvalue weighted by Gasteiger charge is -2.33. The van der Waals surface area contributed by atoms with Crippen molar-refractivity contribution in [3.8, 4) is 5.75 Å². The number of hydrogen-bond acceptors (Lipinski definition) is 11. The number of fused-ring (bicyclic) bond motifs is 2. The van der Waals surface area contributed by atoms with E-state index in [1.54, 1.807) is 32.4 Å². The minimum atomic E-state index is -0.734. The Morgan fingerprint density at radius 1 is 0.962 bits per heavy atom. The number of imide groups is 1. The van der Waals surface area contributed by atoms with Crippen LogP contribution in [0.4, 0.5) is 23.1 Å². The van der Waals surface area contributed by atoms with Crippen molar-refractivity contribution in [1.82, 2.24) is 34.3 Å². The molecule has 4 N–H and O–H groups in total. The van der Waals surface area contributed by atoms with Crippen LogP contribution in [0.5, 0.6) is 5.75 Å². The number of rotatable bonds is 9. The maximum Gasteiger partial charge on any atom is 0.329 e. The lowest BCUT2D eigenvalue weighted by atomic mass is 10.0. The molecule has 3 aromatic heterocycles. The fourth-order valence-corrected chi connectivity index (χ4v) is 6.87. The topological polar surface area (TPSA) is 187 Å². The van der Waals surface area contributed by atoms with Crippen LogP contribution in [0.25, 0.3) is 21.9 Å². The van der Waals surface area contributed by atoms with Gasteiger partial charge in [-0.1, -0.05) is 11.6 Å². The van der Waals surface area contributed by atoms with E-state index < -0.39 is 11.9 Å². The summed E-state index contributed by atoms with van der Waals surface area (Å²) < 4.78 is 9.95. The van der Waals surface area contributed by atoms with Crippen molar-refractivity contribution < 1.29 is 19.1 Å². The molecule has 1 atom stereocenters. The zero-order valence-electron chi connectivity index (χ0n) is 28.7. The van der Waals surface area contributed by atoms with Crippen LogP contribution in [0.2, 0.25) is 5.02 Å². The summed E-state index contributed by atoms with van der Waals surface area (Å²) in [5.74, 6) is -0.117. The van der Waals surface area contributed by atoms with Crippen molar-refractivity contribution in [3.05, 3.63) is 74.5 Å². The van der Waals surface area contributed by atoms with Crippen LogP contribution in [-0.2, 0) is 28.5 Å². The van der Waals surface area contributed by atoms with Gasteiger partial charge in [0.05, 0.1) is 22.7 Å². The second-order valence-corrected chi connectivity index (χ2v) is 13.3. The smallest absolute Gasteiger partial charge is 0.329 e. The number of carbonyl (C=O) groups excluding carboxylic acids is 3. The highest BCUT2D eigenvalue weighted by molar-refractivity contribution is 6.33. The van der Waals surface area contributed by atoms with Gasteiger partial charge in [-0.15, -0.1) is 0 Å². The summed E-state index contributed by atoms with van der Waals surface area (Å²) in [7, 11) is 4.81. The molecule has 17 heteroatoms. The van der Waals surface area contributed by atoms with Crippen molar-refractivity contribution >= 4 is 74.4 Å². The van der Waals surface area contributed by atoms with E-state index in [0.717, 1.165) is 18.5 Å². The summed E-state index contributed by atoms with van der Waals surface area (Å²) in [4.78, 5) is 73.1. The van der Waals surface area contributed by atoms with Crippen LogP contribution in [0, 0.1) is 0 Å². The first kappa shape index (κ1) is 34.5. The number of amides is 3. The number of imidazole rings is 1. The van der Waals surface area contributed by atoms with Gasteiger partial charge in [-0.2, -0.15) is 4.98 Å². The Morgan fingerprint density at radius 3 is 2.46 bits per heavy atom. The monoisotopic (exact) mass is 728 g/mol. The summed E-state index contributed by atoms with van der Waals surface area (Å²) in [6, 6.07) is 12.2. The molecule has 1 unspecified atom stereocenters. The summed E-state index contributed by atoms with van der Waals surface area (Å²) in [6.45, 7) is 1.10. The van der Waals surface area contributed by atoms with Crippen LogP contribution in [0.1, 0.15) is 31.7 Å². The SMILES string of the molecule is CNC(=O)COc1cc2cc(Nc3nc(N4CCC(Nc5ccc6c(c5)n(C)c(=O)n6C5CCC(=O)NC5=O)CC4)ncc3Cl)ccc2n(C)c1=O. The highest BCUT2D eigenvalue weighted by Gasteiger charge is 2.31. The van der Waals surface area contributed by atoms with Crippen LogP contribution >= 0.6 is 11.6 Å². The van der Waals surface area contributed by atoms with E-state index >= 15 is 0 Å². The number of aryl methyl sites for hydroxylation is 2. The number of nitrogens with zero attached hydrogens (tertiary/aromatic N) is 6. The Bertz CT molecular complexity index is 2360. The molecular formula is C35H37ClN10O6. The molecule has 2 aromatic carbocycles. The number of hydrogen-bond donors (Lipinski definition) is 4. The van der Waals surface area contributed by atoms with E-state index in [9.17, 15) is 24.0 Å². The molecule has 0 aliphatic carbocycles. The van der Waals surface area contributed by atoms with Gasteiger partial charge in [-0.25, -0.2) is 9.78 Å². The van der Waals surface area contributed by atoms with Crippen molar-refractivity contribution in [2.45, 2.75) is 37.8 Å². The Kier molecular flexibility index (Phi) is 9.31. The molecule has 2 aliphatic heterocycles. The van der Waals surface area contributed by atoms with E-state index in [1.807, 2.05) is 30.3 Å². The van der Waals surface area contributed by atoms with Gasteiger partial charge in [-0.3, -0.25) is 33.6 Å².